The average molecular weight is 585 g/mol. The molecule has 0 aromatic heterocycles. The number of esters is 3. The van der Waals surface area contributed by atoms with Gasteiger partial charge in [-0.3, -0.25) is 19.2 Å². The number of ether oxygens (including phenoxy) is 2. The van der Waals surface area contributed by atoms with Crippen molar-refractivity contribution >= 4 is 35.6 Å². The molecule has 0 spiro atoms. The number of carbonyl (C=O) groups excluding carboxylic acids is 6. The second-order valence-electron chi connectivity index (χ2n) is 9.69. The van der Waals surface area contributed by atoms with Crippen LogP contribution in [0.4, 0.5) is 13.2 Å². The van der Waals surface area contributed by atoms with E-state index >= 15 is 0 Å². The third-order valence-corrected chi connectivity index (χ3v) is 6.91. The number of piperazine rings is 1. The maximum atomic E-state index is 13.3. The fourth-order valence-electron chi connectivity index (χ4n) is 4.70. The van der Waals surface area contributed by atoms with E-state index in [0.717, 1.165) is 48.4 Å². The Morgan fingerprint density at radius 1 is 1.05 bits per heavy atom. The lowest BCUT2D eigenvalue weighted by molar-refractivity contribution is -0.202. The van der Waals surface area contributed by atoms with Gasteiger partial charge in [0, 0.05) is 18.7 Å². The maximum absolute atomic E-state index is 13.3. The van der Waals surface area contributed by atoms with Gasteiger partial charge in [0.05, 0.1) is 13.5 Å². The Morgan fingerprint density at radius 3 is 2.27 bits per heavy atom. The van der Waals surface area contributed by atoms with Crippen molar-refractivity contribution < 1.29 is 51.4 Å². The molecule has 1 aromatic carbocycles. The van der Waals surface area contributed by atoms with Gasteiger partial charge in [-0.2, -0.15) is 13.2 Å². The smallest absolute Gasteiger partial charge is 0.469 e. The van der Waals surface area contributed by atoms with Crippen LogP contribution in [0.1, 0.15) is 48.0 Å². The highest BCUT2D eigenvalue weighted by atomic mass is 19.4. The molecule has 3 amide bonds. The van der Waals surface area contributed by atoms with E-state index < -0.39 is 66.9 Å². The van der Waals surface area contributed by atoms with E-state index in [0.29, 0.717) is 11.5 Å². The predicted molar refractivity (Wildman–Crippen MR) is 134 cm³/mol. The van der Waals surface area contributed by atoms with E-state index in [4.69, 9.17) is 0 Å². The van der Waals surface area contributed by atoms with Crippen LogP contribution < -0.4 is 10.6 Å². The zero-order valence-electron chi connectivity index (χ0n) is 22.5. The quantitative estimate of drug-likeness (QED) is 0.329. The number of hydrogen-bond donors (Lipinski definition) is 2. The molecule has 3 rings (SSSR count). The number of hydrogen-bond acceptors (Lipinski definition) is 9. The minimum absolute atomic E-state index is 0.224. The fourth-order valence-corrected chi connectivity index (χ4v) is 4.70. The minimum atomic E-state index is -5.41. The third-order valence-electron chi connectivity index (χ3n) is 6.91. The SMILES string of the molecule is COC(=O)C[C@H]1C(=O)N(CC(=O)OC(=O)C(F)(F)F)CCN1C(=O)C(C)NC(=O)c1ccc(C2CCNCC2)cc1. The van der Waals surface area contributed by atoms with Crippen molar-refractivity contribution in [3.8, 4) is 0 Å². The largest absolute Gasteiger partial charge is 0.491 e. The van der Waals surface area contributed by atoms with Crippen LogP contribution in [0.5, 0.6) is 0 Å². The van der Waals surface area contributed by atoms with Crippen molar-refractivity contribution in [1.82, 2.24) is 20.4 Å². The van der Waals surface area contributed by atoms with E-state index in [1.807, 2.05) is 12.1 Å². The van der Waals surface area contributed by atoms with E-state index in [1.165, 1.54) is 6.92 Å². The first-order chi connectivity index (χ1) is 19.3. The average Bonchev–Trinajstić information content (AvgIpc) is 2.94. The Morgan fingerprint density at radius 2 is 1.68 bits per heavy atom. The van der Waals surface area contributed by atoms with Crippen LogP contribution in [0.3, 0.4) is 0 Å². The third kappa shape index (κ3) is 8.25. The first-order valence-corrected chi connectivity index (χ1v) is 12.9. The molecular weight excluding hydrogens is 553 g/mol. The molecule has 0 aliphatic carbocycles. The van der Waals surface area contributed by atoms with Crippen molar-refractivity contribution in [3.05, 3.63) is 35.4 Å². The first kappa shape index (κ1) is 31.5. The number of carbonyl (C=O) groups is 6. The highest BCUT2D eigenvalue weighted by Gasteiger charge is 2.44. The van der Waals surface area contributed by atoms with Gasteiger partial charge in [-0.1, -0.05) is 12.1 Å². The monoisotopic (exact) mass is 584 g/mol. The second kappa shape index (κ2) is 13.6. The van der Waals surface area contributed by atoms with Gasteiger partial charge < -0.3 is 29.9 Å². The summed E-state index contributed by atoms with van der Waals surface area (Å²) in [6, 6.07) is 4.46. The van der Waals surface area contributed by atoms with Crippen molar-refractivity contribution in [1.29, 1.82) is 0 Å². The molecule has 15 heteroatoms. The van der Waals surface area contributed by atoms with Crippen LogP contribution in [0.25, 0.3) is 0 Å². The molecule has 12 nitrogen and oxygen atoms in total. The molecular formula is C26H31F3N4O8. The standard InChI is InChI=1S/C26H31F3N4O8/c1-15(31-22(36)18-5-3-16(4-6-18)17-7-9-30-10-8-17)23(37)33-12-11-32(24(38)19(33)13-20(34)40-2)14-21(35)41-25(39)26(27,28)29/h3-6,15,17,19,30H,7-14H2,1-2H3,(H,31,36)/t15?,19-/m0/s1. The molecule has 2 N–H and O–H groups in total. The van der Waals surface area contributed by atoms with Gasteiger partial charge in [-0.25, -0.2) is 9.59 Å². The van der Waals surface area contributed by atoms with E-state index in [9.17, 15) is 41.9 Å². The van der Waals surface area contributed by atoms with Gasteiger partial charge in [0.1, 0.15) is 18.6 Å². The fraction of sp³-hybridized carbons (Fsp3) is 0.538. The molecule has 2 fully saturated rings. The van der Waals surface area contributed by atoms with Crippen LogP contribution in [0, 0.1) is 0 Å². The summed E-state index contributed by atoms with van der Waals surface area (Å²) in [4.78, 5) is 75.7. The number of rotatable bonds is 8. The second-order valence-corrected chi connectivity index (χ2v) is 9.69. The van der Waals surface area contributed by atoms with E-state index in [1.54, 1.807) is 12.1 Å². The highest BCUT2D eigenvalue weighted by molar-refractivity contribution is 5.99. The number of piperidine rings is 1. The summed E-state index contributed by atoms with van der Waals surface area (Å²) in [6.07, 6.45) is -4.05. The Kier molecular flexibility index (Phi) is 10.4. The highest BCUT2D eigenvalue weighted by Crippen LogP contribution is 2.25. The zero-order valence-corrected chi connectivity index (χ0v) is 22.5. The number of nitrogens with zero attached hydrogens (tertiary/aromatic N) is 2. The lowest BCUT2D eigenvalue weighted by atomic mass is 9.90. The minimum Gasteiger partial charge on any atom is -0.469 e. The zero-order chi connectivity index (χ0) is 30.3. The molecule has 2 aliphatic rings. The molecule has 1 unspecified atom stereocenters. The molecule has 0 bridgehead atoms. The molecule has 1 aromatic rings. The number of alkyl halides is 3. The van der Waals surface area contributed by atoms with Crippen LogP contribution in [0.15, 0.2) is 24.3 Å². The summed E-state index contributed by atoms with van der Waals surface area (Å²) in [5, 5.41) is 5.87. The maximum Gasteiger partial charge on any atom is 0.491 e. The Bertz CT molecular complexity index is 1170. The number of methoxy groups -OCH3 is 1. The Hall–Kier alpha value is -4.01. The van der Waals surface area contributed by atoms with E-state index in [-0.39, 0.29) is 13.1 Å². The summed E-state index contributed by atoms with van der Waals surface area (Å²) in [6.45, 7) is 1.69. The number of halogens is 3. The van der Waals surface area contributed by atoms with Crippen LogP contribution in [0.2, 0.25) is 0 Å². The lowest BCUT2D eigenvalue weighted by Gasteiger charge is -2.40. The van der Waals surface area contributed by atoms with Crippen LogP contribution >= 0.6 is 0 Å². The van der Waals surface area contributed by atoms with Gasteiger partial charge >= 0.3 is 24.1 Å². The van der Waals surface area contributed by atoms with E-state index in [2.05, 4.69) is 20.1 Å². The lowest BCUT2D eigenvalue weighted by Crippen LogP contribution is -2.62. The van der Waals surface area contributed by atoms with Crippen molar-refractivity contribution in [3.63, 3.8) is 0 Å². The first-order valence-electron chi connectivity index (χ1n) is 12.9. The normalized spacial score (nSPS) is 18.9. The molecule has 2 heterocycles. The van der Waals surface area contributed by atoms with Gasteiger partial charge in [0.25, 0.3) is 5.91 Å². The van der Waals surface area contributed by atoms with Crippen LogP contribution in [-0.2, 0) is 33.4 Å². The summed E-state index contributed by atoms with van der Waals surface area (Å²) < 4.78 is 45.5. The summed E-state index contributed by atoms with van der Waals surface area (Å²) in [7, 11) is 1.05. The Labute approximate surface area is 233 Å². The van der Waals surface area contributed by atoms with Crippen molar-refractivity contribution in [2.24, 2.45) is 0 Å². The van der Waals surface area contributed by atoms with Gasteiger partial charge in [0.2, 0.25) is 11.8 Å². The summed E-state index contributed by atoms with van der Waals surface area (Å²) in [5.74, 6) is -7.04. The Balaban J connectivity index is 1.65. The molecule has 2 aliphatic heterocycles. The van der Waals surface area contributed by atoms with Gasteiger partial charge in [-0.05, 0) is 56.5 Å². The number of amides is 3. The molecule has 0 saturated carbocycles. The van der Waals surface area contributed by atoms with Gasteiger partial charge in [-0.15, -0.1) is 0 Å². The molecule has 0 radical (unpaired) electrons. The predicted octanol–water partition coefficient (Wildman–Crippen LogP) is 0.507. The number of nitrogens with one attached hydrogen (secondary N) is 2. The van der Waals surface area contributed by atoms with Crippen molar-refractivity contribution in [2.45, 2.75) is 50.4 Å². The van der Waals surface area contributed by atoms with Crippen molar-refractivity contribution in [2.75, 3.05) is 39.8 Å². The molecule has 224 valence electrons. The molecule has 41 heavy (non-hydrogen) atoms. The molecule has 2 saturated heterocycles. The summed E-state index contributed by atoms with van der Waals surface area (Å²) >= 11 is 0. The summed E-state index contributed by atoms with van der Waals surface area (Å²) in [5.41, 5.74) is 1.43. The number of benzene rings is 1. The van der Waals surface area contributed by atoms with Gasteiger partial charge in [0.15, 0.2) is 0 Å². The topological polar surface area (TPSA) is 151 Å². The molecule has 2 atom stereocenters. The van der Waals surface area contributed by atoms with Crippen LogP contribution in [-0.4, -0.2) is 104 Å².